The minimum absolute atomic E-state index is 0. The zero-order valence-corrected chi connectivity index (χ0v) is 15.3. The third-order valence-electron chi connectivity index (χ3n) is 4.44. The average molecular weight is 395 g/mol. The fourth-order valence-corrected chi connectivity index (χ4v) is 3.27. The number of halogens is 1. The van der Waals surface area contributed by atoms with Crippen molar-refractivity contribution in [2.75, 3.05) is 40.4 Å². The van der Waals surface area contributed by atoms with Crippen LogP contribution >= 0.6 is 24.0 Å². The van der Waals surface area contributed by atoms with E-state index in [1.54, 1.807) is 0 Å². The Morgan fingerprint density at radius 1 is 1.25 bits per heavy atom. The molecule has 1 aliphatic heterocycles. The van der Waals surface area contributed by atoms with Crippen molar-refractivity contribution < 1.29 is 4.74 Å². The van der Waals surface area contributed by atoms with Gasteiger partial charge in [0.25, 0.3) is 0 Å². The second-order valence-electron chi connectivity index (χ2n) is 6.02. The Balaban J connectivity index is 0.00000200. The number of hydrogen-bond acceptors (Lipinski definition) is 2. The van der Waals surface area contributed by atoms with E-state index in [0.29, 0.717) is 5.92 Å². The normalized spacial score (nSPS) is 23.7. The van der Waals surface area contributed by atoms with Crippen molar-refractivity contribution >= 4 is 29.9 Å². The van der Waals surface area contributed by atoms with Crippen molar-refractivity contribution in [3.63, 3.8) is 0 Å². The Labute approximate surface area is 140 Å². The number of guanidine groups is 1. The maximum absolute atomic E-state index is 5.43. The number of aliphatic imine (C=N–C) groups is 1. The lowest BCUT2D eigenvalue weighted by atomic mass is 10.0. The van der Waals surface area contributed by atoms with Gasteiger partial charge in [-0.25, -0.2) is 0 Å². The van der Waals surface area contributed by atoms with Gasteiger partial charge in [0.05, 0.1) is 6.61 Å². The van der Waals surface area contributed by atoms with E-state index in [1.807, 2.05) is 7.05 Å². The molecule has 0 aromatic heterocycles. The predicted molar refractivity (Wildman–Crippen MR) is 94.9 cm³/mol. The average Bonchev–Trinajstić information content (AvgIpc) is 3.07. The molecule has 0 spiro atoms. The summed E-state index contributed by atoms with van der Waals surface area (Å²) in [5.41, 5.74) is 0. The summed E-state index contributed by atoms with van der Waals surface area (Å²) in [6.07, 6.45) is 8.19. The van der Waals surface area contributed by atoms with Gasteiger partial charge < -0.3 is 15.0 Å². The number of rotatable bonds is 5. The molecule has 1 saturated carbocycles. The lowest BCUT2D eigenvalue weighted by molar-refractivity contribution is 0.181. The van der Waals surface area contributed by atoms with Crippen LogP contribution in [0.2, 0.25) is 0 Å². The van der Waals surface area contributed by atoms with Gasteiger partial charge in [-0.15, -0.1) is 24.0 Å². The Bertz CT molecular complexity index is 287. The number of nitrogens with one attached hydrogen (secondary N) is 1. The molecule has 0 aromatic rings. The summed E-state index contributed by atoms with van der Waals surface area (Å²) in [5, 5.41) is 3.51. The topological polar surface area (TPSA) is 36.9 Å². The van der Waals surface area contributed by atoms with Crippen molar-refractivity contribution in [3.05, 3.63) is 0 Å². The number of hydrogen-bond donors (Lipinski definition) is 1. The van der Waals surface area contributed by atoms with E-state index in [4.69, 9.17) is 4.74 Å². The first-order valence-electron chi connectivity index (χ1n) is 7.79. The monoisotopic (exact) mass is 395 g/mol. The number of nitrogens with zero attached hydrogens (tertiary/aromatic N) is 2. The molecule has 4 nitrogen and oxygen atoms in total. The summed E-state index contributed by atoms with van der Waals surface area (Å²) in [6, 6.07) is 0. The molecule has 20 heavy (non-hydrogen) atoms. The molecule has 0 amide bonds. The van der Waals surface area contributed by atoms with Crippen molar-refractivity contribution in [3.8, 4) is 0 Å². The van der Waals surface area contributed by atoms with Crippen LogP contribution in [-0.4, -0.2) is 51.3 Å². The van der Waals surface area contributed by atoms with E-state index >= 15 is 0 Å². The maximum atomic E-state index is 5.43. The highest BCUT2D eigenvalue weighted by Gasteiger charge is 2.19. The smallest absolute Gasteiger partial charge is 0.193 e. The summed E-state index contributed by atoms with van der Waals surface area (Å²) >= 11 is 0. The second-order valence-corrected chi connectivity index (χ2v) is 6.02. The molecule has 2 aliphatic rings. The first-order chi connectivity index (χ1) is 9.29. The third kappa shape index (κ3) is 5.76. The maximum Gasteiger partial charge on any atom is 0.193 e. The van der Waals surface area contributed by atoms with Gasteiger partial charge in [-0.1, -0.05) is 25.7 Å². The van der Waals surface area contributed by atoms with Crippen LogP contribution in [0.15, 0.2) is 4.99 Å². The minimum Gasteiger partial charge on any atom is -0.381 e. The van der Waals surface area contributed by atoms with Gasteiger partial charge in [0.15, 0.2) is 5.96 Å². The molecule has 0 radical (unpaired) electrons. The molecule has 1 unspecified atom stereocenters. The molecular formula is C15H30IN3O. The summed E-state index contributed by atoms with van der Waals surface area (Å²) in [6.45, 7) is 3.93. The molecule has 2 fully saturated rings. The first kappa shape index (κ1) is 18.0. The van der Waals surface area contributed by atoms with E-state index < -0.39 is 0 Å². The first-order valence-corrected chi connectivity index (χ1v) is 7.79. The zero-order chi connectivity index (χ0) is 13.5. The van der Waals surface area contributed by atoms with Gasteiger partial charge >= 0.3 is 0 Å². The highest BCUT2D eigenvalue weighted by molar-refractivity contribution is 14.0. The van der Waals surface area contributed by atoms with Crippen molar-refractivity contribution in [1.82, 2.24) is 10.2 Å². The number of ether oxygens (including phenoxy) is 1. The Morgan fingerprint density at radius 2 is 2.00 bits per heavy atom. The van der Waals surface area contributed by atoms with Crippen molar-refractivity contribution in [2.45, 2.75) is 38.5 Å². The van der Waals surface area contributed by atoms with Crippen LogP contribution in [0.3, 0.4) is 0 Å². The summed E-state index contributed by atoms with van der Waals surface area (Å²) < 4.78 is 5.43. The van der Waals surface area contributed by atoms with Crippen LogP contribution in [0.4, 0.5) is 0 Å². The van der Waals surface area contributed by atoms with Crippen LogP contribution in [0.1, 0.15) is 38.5 Å². The molecule has 118 valence electrons. The van der Waals surface area contributed by atoms with E-state index in [0.717, 1.165) is 38.2 Å². The summed E-state index contributed by atoms with van der Waals surface area (Å²) in [4.78, 5) is 6.63. The highest BCUT2D eigenvalue weighted by atomic mass is 127. The fourth-order valence-electron chi connectivity index (χ4n) is 3.27. The quantitative estimate of drug-likeness (QED) is 0.442. The van der Waals surface area contributed by atoms with Crippen LogP contribution in [0.5, 0.6) is 0 Å². The molecular weight excluding hydrogens is 365 g/mol. The van der Waals surface area contributed by atoms with E-state index in [9.17, 15) is 0 Å². The SMILES string of the molecule is CN=C(NCCC1CCCC1)N(C)CC1CCOC1.I. The standard InChI is InChI=1S/C15H29N3O.HI/c1-16-15(17-9-7-13-5-3-4-6-13)18(2)11-14-8-10-19-12-14;/h13-14H,3-12H2,1-2H3,(H,16,17);1H. The molecule has 0 bridgehead atoms. The highest BCUT2D eigenvalue weighted by Crippen LogP contribution is 2.26. The summed E-state index contributed by atoms with van der Waals surface area (Å²) in [7, 11) is 4.00. The van der Waals surface area contributed by atoms with Crippen molar-refractivity contribution in [1.29, 1.82) is 0 Å². The molecule has 1 N–H and O–H groups in total. The predicted octanol–water partition coefficient (Wildman–Crippen LogP) is 2.73. The molecule has 1 aliphatic carbocycles. The second kappa shape index (κ2) is 9.82. The molecule has 2 rings (SSSR count). The zero-order valence-electron chi connectivity index (χ0n) is 12.9. The Kier molecular flexibility index (Phi) is 8.84. The van der Waals surface area contributed by atoms with Gasteiger partial charge in [-0.3, -0.25) is 4.99 Å². The lowest BCUT2D eigenvalue weighted by Crippen LogP contribution is -2.42. The molecule has 1 saturated heterocycles. The van der Waals surface area contributed by atoms with E-state index in [1.165, 1.54) is 38.5 Å². The fraction of sp³-hybridized carbons (Fsp3) is 0.933. The molecule has 1 atom stereocenters. The van der Waals surface area contributed by atoms with E-state index in [2.05, 4.69) is 22.3 Å². The summed E-state index contributed by atoms with van der Waals surface area (Å²) in [5.74, 6) is 2.64. The Morgan fingerprint density at radius 3 is 2.60 bits per heavy atom. The van der Waals surface area contributed by atoms with Gasteiger partial charge in [-0.2, -0.15) is 0 Å². The molecule has 0 aromatic carbocycles. The van der Waals surface area contributed by atoms with Gasteiger partial charge in [0.2, 0.25) is 0 Å². The molecule has 5 heteroatoms. The Hall–Kier alpha value is -0.0400. The largest absolute Gasteiger partial charge is 0.381 e. The van der Waals surface area contributed by atoms with Crippen LogP contribution in [-0.2, 0) is 4.74 Å². The van der Waals surface area contributed by atoms with Crippen LogP contribution < -0.4 is 5.32 Å². The van der Waals surface area contributed by atoms with Gasteiger partial charge in [0, 0.05) is 39.7 Å². The van der Waals surface area contributed by atoms with Crippen LogP contribution in [0, 0.1) is 11.8 Å². The minimum atomic E-state index is 0. The van der Waals surface area contributed by atoms with Crippen LogP contribution in [0.25, 0.3) is 0 Å². The van der Waals surface area contributed by atoms with E-state index in [-0.39, 0.29) is 24.0 Å². The van der Waals surface area contributed by atoms with Gasteiger partial charge in [-0.05, 0) is 18.8 Å². The van der Waals surface area contributed by atoms with Crippen molar-refractivity contribution in [2.24, 2.45) is 16.8 Å². The van der Waals surface area contributed by atoms with Gasteiger partial charge in [0.1, 0.15) is 0 Å². The third-order valence-corrected chi connectivity index (χ3v) is 4.44. The lowest BCUT2D eigenvalue weighted by Gasteiger charge is -2.25. The molecule has 1 heterocycles.